The van der Waals surface area contributed by atoms with Crippen LogP contribution in [0.5, 0.6) is 0 Å². The summed E-state index contributed by atoms with van der Waals surface area (Å²) in [5.41, 5.74) is 1.51. The van der Waals surface area contributed by atoms with E-state index in [9.17, 15) is 4.79 Å². The molecule has 0 aromatic heterocycles. The van der Waals surface area contributed by atoms with Gasteiger partial charge in [-0.3, -0.25) is 0 Å². The van der Waals surface area contributed by atoms with Gasteiger partial charge in [-0.25, -0.2) is 4.79 Å². The largest absolute Gasteiger partial charge is 0.444 e. The number of halogens is 2. The van der Waals surface area contributed by atoms with Gasteiger partial charge in [0.2, 0.25) is 0 Å². The second-order valence-electron chi connectivity index (χ2n) is 8.36. The van der Waals surface area contributed by atoms with E-state index >= 15 is 0 Å². The van der Waals surface area contributed by atoms with Crippen molar-refractivity contribution in [1.82, 2.24) is 10.2 Å². The van der Waals surface area contributed by atoms with Crippen LogP contribution < -0.4 is 5.32 Å². The number of nitrogens with zero attached hydrogens (tertiary/aromatic N) is 1. The van der Waals surface area contributed by atoms with Crippen molar-refractivity contribution in [3.05, 3.63) is 69.7 Å². The molecule has 1 heterocycles. The molecule has 0 radical (unpaired) electrons. The number of benzene rings is 2. The summed E-state index contributed by atoms with van der Waals surface area (Å²) in [6.45, 7) is 7.54. The van der Waals surface area contributed by atoms with Gasteiger partial charge in [-0.2, -0.15) is 0 Å². The molecule has 30 heavy (non-hydrogen) atoms. The number of hydrogen-bond donors (Lipinski definition) is 1. The zero-order chi connectivity index (χ0) is 21.7. The smallest absolute Gasteiger partial charge is 0.410 e. The molecule has 5 nitrogen and oxygen atoms in total. The highest BCUT2D eigenvalue weighted by Crippen LogP contribution is 2.31. The highest BCUT2D eigenvalue weighted by Gasteiger charge is 2.33. The fraction of sp³-hybridized carbons (Fsp3) is 0.435. The van der Waals surface area contributed by atoms with E-state index in [1.54, 1.807) is 11.0 Å². The summed E-state index contributed by atoms with van der Waals surface area (Å²) in [5, 5.41) is 4.54. The molecule has 0 bridgehead atoms. The number of nitrogens with one attached hydrogen (secondary N) is 1. The fourth-order valence-electron chi connectivity index (χ4n) is 3.36. The molecule has 1 saturated heterocycles. The van der Waals surface area contributed by atoms with Gasteiger partial charge in [0, 0.05) is 19.6 Å². The molecule has 0 unspecified atom stereocenters. The summed E-state index contributed by atoms with van der Waals surface area (Å²) in [5.74, 6) is 0. The zero-order valence-electron chi connectivity index (χ0n) is 17.5. The predicted octanol–water partition coefficient (Wildman–Crippen LogP) is 5.46. The SMILES string of the molecule is CC(C)(C)OC(=O)N1CCO[C@@H](c2ccc(Cl)c(Cl)c2)[C@H](NCc2ccccc2)C1. The van der Waals surface area contributed by atoms with Crippen molar-refractivity contribution in [2.24, 2.45) is 0 Å². The van der Waals surface area contributed by atoms with E-state index in [0.717, 1.165) is 11.1 Å². The van der Waals surface area contributed by atoms with Crippen LogP contribution in [0.2, 0.25) is 10.0 Å². The number of carbonyl (C=O) groups is 1. The predicted molar refractivity (Wildman–Crippen MR) is 120 cm³/mol. The quantitative estimate of drug-likeness (QED) is 0.671. The molecule has 0 aliphatic carbocycles. The van der Waals surface area contributed by atoms with Gasteiger partial charge in [-0.1, -0.05) is 59.6 Å². The molecule has 7 heteroatoms. The van der Waals surface area contributed by atoms with E-state index in [1.807, 2.05) is 51.1 Å². The average molecular weight is 451 g/mol. The Morgan fingerprint density at radius 1 is 1.17 bits per heavy atom. The number of hydrogen-bond acceptors (Lipinski definition) is 4. The van der Waals surface area contributed by atoms with Crippen LogP contribution in [0.25, 0.3) is 0 Å². The molecule has 0 spiro atoms. The second-order valence-corrected chi connectivity index (χ2v) is 9.18. The van der Waals surface area contributed by atoms with Crippen LogP contribution in [0.4, 0.5) is 4.79 Å². The third-order valence-corrected chi connectivity index (χ3v) is 5.52. The summed E-state index contributed by atoms with van der Waals surface area (Å²) in [6.07, 6.45) is -0.622. The summed E-state index contributed by atoms with van der Waals surface area (Å²) < 4.78 is 11.8. The molecular weight excluding hydrogens is 423 g/mol. The number of amides is 1. The van der Waals surface area contributed by atoms with E-state index < -0.39 is 5.60 Å². The minimum absolute atomic E-state index is 0.155. The van der Waals surface area contributed by atoms with Crippen LogP contribution in [-0.2, 0) is 16.0 Å². The van der Waals surface area contributed by atoms with E-state index in [-0.39, 0.29) is 18.2 Å². The lowest BCUT2D eigenvalue weighted by molar-refractivity contribution is 0.0231. The first-order valence-electron chi connectivity index (χ1n) is 10.0. The minimum atomic E-state index is -0.555. The van der Waals surface area contributed by atoms with Crippen molar-refractivity contribution in [1.29, 1.82) is 0 Å². The second kappa shape index (κ2) is 10.0. The topological polar surface area (TPSA) is 50.8 Å². The normalized spacial score (nSPS) is 20.0. The lowest BCUT2D eigenvalue weighted by Gasteiger charge is -2.30. The van der Waals surface area contributed by atoms with Crippen molar-refractivity contribution < 1.29 is 14.3 Å². The molecule has 3 rings (SSSR count). The Hall–Kier alpha value is -1.79. The Morgan fingerprint density at radius 2 is 1.90 bits per heavy atom. The first kappa shape index (κ1) is 22.9. The van der Waals surface area contributed by atoms with Crippen molar-refractivity contribution in [2.75, 3.05) is 19.7 Å². The average Bonchev–Trinajstić information content (AvgIpc) is 2.91. The number of ether oxygens (including phenoxy) is 2. The van der Waals surface area contributed by atoms with Crippen LogP contribution in [0.3, 0.4) is 0 Å². The minimum Gasteiger partial charge on any atom is -0.444 e. The maximum Gasteiger partial charge on any atom is 0.410 e. The zero-order valence-corrected chi connectivity index (χ0v) is 19.0. The lowest BCUT2D eigenvalue weighted by atomic mass is 10.0. The summed E-state index contributed by atoms with van der Waals surface area (Å²) in [4.78, 5) is 14.4. The molecule has 2 atom stereocenters. The van der Waals surface area contributed by atoms with Crippen LogP contribution in [0.1, 0.15) is 38.0 Å². The third kappa shape index (κ3) is 6.35. The Labute approximate surface area is 188 Å². The fourth-order valence-corrected chi connectivity index (χ4v) is 3.66. The Balaban J connectivity index is 1.82. The van der Waals surface area contributed by atoms with Gasteiger partial charge in [-0.15, -0.1) is 0 Å². The highest BCUT2D eigenvalue weighted by molar-refractivity contribution is 6.42. The molecule has 1 aliphatic rings. The molecular formula is C23H28Cl2N2O3. The molecule has 1 aliphatic heterocycles. The Morgan fingerprint density at radius 3 is 2.57 bits per heavy atom. The summed E-state index contributed by atoms with van der Waals surface area (Å²) >= 11 is 12.4. The van der Waals surface area contributed by atoms with Gasteiger partial charge in [0.1, 0.15) is 5.60 Å². The van der Waals surface area contributed by atoms with Gasteiger partial charge in [0.15, 0.2) is 0 Å². The molecule has 1 N–H and O–H groups in total. The molecule has 1 amide bonds. The van der Waals surface area contributed by atoms with Crippen LogP contribution in [-0.4, -0.2) is 42.3 Å². The first-order chi connectivity index (χ1) is 14.2. The van der Waals surface area contributed by atoms with Gasteiger partial charge in [-0.05, 0) is 44.0 Å². The lowest BCUT2D eigenvalue weighted by Crippen LogP contribution is -2.46. The van der Waals surface area contributed by atoms with Crippen LogP contribution >= 0.6 is 23.2 Å². The monoisotopic (exact) mass is 450 g/mol. The van der Waals surface area contributed by atoms with Crippen molar-refractivity contribution >= 4 is 29.3 Å². The molecule has 162 valence electrons. The third-order valence-electron chi connectivity index (χ3n) is 4.78. The first-order valence-corrected chi connectivity index (χ1v) is 10.8. The van der Waals surface area contributed by atoms with Gasteiger partial charge in [0.05, 0.1) is 28.8 Å². The Kier molecular flexibility index (Phi) is 7.64. The van der Waals surface area contributed by atoms with E-state index in [1.165, 1.54) is 0 Å². The maximum absolute atomic E-state index is 12.7. The Bertz CT molecular complexity index is 855. The van der Waals surface area contributed by atoms with Gasteiger partial charge >= 0.3 is 6.09 Å². The molecule has 0 saturated carbocycles. The van der Waals surface area contributed by atoms with Crippen molar-refractivity contribution in [3.8, 4) is 0 Å². The van der Waals surface area contributed by atoms with Gasteiger partial charge < -0.3 is 19.7 Å². The van der Waals surface area contributed by atoms with E-state index in [2.05, 4.69) is 17.4 Å². The van der Waals surface area contributed by atoms with Gasteiger partial charge in [0.25, 0.3) is 0 Å². The number of carbonyl (C=O) groups excluding carboxylic acids is 1. The van der Waals surface area contributed by atoms with E-state index in [4.69, 9.17) is 32.7 Å². The summed E-state index contributed by atoms with van der Waals surface area (Å²) in [7, 11) is 0. The highest BCUT2D eigenvalue weighted by atomic mass is 35.5. The van der Waals surface area contributed by atoms with Crippen molar-refractivity contribution in [2.45, 2.75) is 45.1 Å². The molecule has 2 aromatic rings. The molecule has 1 fully saturated rings. The van der Waals surface area contributed by atoms with Crippen LogP contribution in [0.15, 0.2) is 48.5 Å². The maximum atomic E-state index is 12.7. The molecule has 2 aromatic carbocycles. The number of rotatable bonds is 4. The van der Waals surface area contributed by atoms with Crippen molar-refractivity contribution in [3.63, 3.8) is 0 Å². The van der Waals surface area contributed by atoms with Crippen LogP contribution in [0, 0.1) is 0 Å². The van der Waals surface area contributed by atoms with E-state index in [0.29, 0.717) is 36.3 Å². The summed E-state index contributed by atoms with van der Waals surface area (Å²) in [6, 6.07) is 15.5. The standard InChI is InChI=1S/C23H28Cl2N2O3/c1-23(2,3)30-22(28)27-11-12-29-21(17-9-10-18(24)19(25)13-17)20(15-27)26-14-16-7-5-4-6-8-16/h4-10,13,20-21,26H,11-12,14-15H2,1-3H3/t20-,21+/m1/s1.